The smallest absolute Gasteiger partial charge is 0.415 e. The van der Waals surface area contributed by atoms with Gasteiger partial charge < -0.3 is 9.26 Å². The summed E-state index contributed by atoms with van der Waals surface area (Å²) in [6.07, 6.45) is 19.7. The van der Waals surface area contributed by atoms with Crippen molar-refractivity contribution >= 4 is 12.9 Å². The number of ether oxygens (including phenoxy) is 1. The molecule has 37 heavy (non-hydrogen) atoms. The van der Waals surface area contributed by atoms with E-state index in [-0.39, 0.29) is 0 Å². The third-order valence-corrected chi connectivity index (χ3v) is 9.15. The lowest BCUT2D eigenvalue weighted by Crippen LogP contribution is -2.22. The van der Waals surface area contributed by atoms with Crippen molar-refractivity contribution < 1.29 is 18.3 Å². The van der Waals surface area contributed by atoms with Crippen LogP contribution in [0.1, 0.15) is 117 Å². The minimum atomic E-state index is -3.55. The topological polar surface area (TPSA) is 44.8 Å². The maximum Gasteiger partial charge on any atom is 0.415 e. The van der Waals surface area contributed by atoms with Crippen molar-refractivity contribution in [3.8, 4) is 22.6 Å². The van der Waals surface area contributed by atoms with Crippen LogP contribution in [0.15, 0.2) is 42.5 Å². The molecule has 0 aromatic heterocycles. The van der Waals surface area contributed by atoms with E-state index in [1.165, 1.54) is 77.0 Å². The largest absolute Gasteiger partial charge is 0.493 e. The van der Waals surface area contributed by atoms with Gasteiger partial charge in [-0.3, -0.25) is 4.52 Å². The van der Waals surface area contributed by atoms with Gasteiger partial charge in [-0.25, -0.2) is 4.57 Å². The number of rotatable bonds is 20. The highest BCUT2D eigenvalue weighted by Crippen LogP contribution is 2.57. The standard InChI is InChI=1S/C32H49O4P/c1-3-5-7-9-11-13-15-19-26-34-31-25-21-23-29-28-22-17-18-24-30(28)36-37(33,32(29)31)35-27-20-16-14-12-10-8-6-4-2/h17-18,21-25H,3-16,19-20,26-27H2,1-2H3. The minimum Gasteiger partial charge on any atom is -0.493 e. The Kier molecular flexibility index (Phi) is 13.6. The van der Waals surface area contributed by atoms with Crippen LogP contribution in [0.4, 0.5) is 0 Å². The molecule has 1 unspecified atom stereocenters. The molecule has 1 aliphatic heterocycles. The van der Waals surface area contributed by atoms with Crippen molar-refractivity contribution in [2.45, 2.75) is 117 Å². The molecule has 3 rings (SSSR count). The Labute approximate surface area is 226 Å². The molecule has 0 spiro atoms. The van der Waals surface area contributed by atoms with Gasteiger partial charge in [0.1, 0.15) is 16.8 Å². The van der Waals surface area contributed by atoms with Gasteiger partial charge in [-0.15, -0.1) is 0 Å². The maximum atomic E-state index is 14.2. The molecule has 1 aliphatic rings. The number of benzene rings is 2. The number of para-hydroxylation sites is 1. The first-order valence-electron chi connectivity index (χ1n) is 15.0. The Morgan fingerprint density at radius 1 is 0.622 bits per heavy atom. The monoisotopic (exact) mass is 528 g/mol. The molecule has 0 amide bonds. The van der Waals surface area contributed by atoms with E-state index >= 15 is 0 Å². The van der Waals surface area contributed by atoms with Crippen LogP contribution in [-0.2, 0) is 9.09 Å². The van der Waals surface area contributed by atoms with Gasteiger partial charge in [0.15, 0.2) is 0 Å². The van der Waals surface area contributed by atoms with Crippen molar-refractivity contribution in [3.63, 3.8) is 0 Å². The SMILES string of the molecule is CCCCCCCCCCOc1cccc2c1P(=O)(OCCCCCCCCCC)Oc1ccccc1-2. The average molecular weight is 529 g/mol. The van der Waals surface area contributed by atoms with Gasteiger partial charge in [-0.2, -0.15) is 0 Å². The van der Waals surface area contributed by atoms with Gasteiger partial charge in [-0.05, 0) is 25.0 Å². The van der Waals surface area contributed by atoms with Crippen LogP contribution in [-0.4, -0.2) is 13.2 Å². The van der Waals surface area contributed by atoms with Crippen LogP contribution in [0.5, 0.6) is 11.5 Å². The molecule has 0 radical (unpaired) electrons. The van der Waals surface area contributed by atoms with Gasteiger partial charge >= 0.3 is 7.60 Å². The Morgan fingerprint density at radius 3 is 1.81 bits per heavy atom. The first-order valence-corrected chi connectivity index (χ1v) is 16.5. The molecular weight excluding hydrogens is 479 g/mol. The summed E-state index contributed by atoms with van der Waals surface area (Å²) >= 11 is 0. The number of hydrogen-bond acceptors (Lipinski definition) is 4. The molecule has 0 fully saturated rings. The molecule has 1 heterocycles. The highest BCUT2D eigenvalue weighted by atomic mass is 31.2. The summed E-state index contributed by atoms with van der Waals surface area (Å²) in [4.78, 5) is 0. The van der Waals surface area contributed by atoms with Crippen LogP contribution in [0.3, 0.4) is 0 Å². The molecular formula is C32H49O4P. The second kappa shape index (κ2) is 16.9. The molecule has 1 atom stereocenters. The van der Waals surface area contributed by atoms with Crippen LogP contribution < -0.4 is 14.6 Å². The van der Waals surface area contributed by atoms with Crippen molar-refractivity contribution in [3.05, 3.63) is 42.5 Å². The summed E-state index contributed by atoms with van der Waals surface area (Å²) in [6, 6.07) is 13.7. The van der Waals surface area contributed by atoms with E-state index in [4.69, 9.17) is 13.8 Å². The molecule has 206 valence electrons. The minimum absolute atomic E-state index is 0.431. The van der Waals surface area contributed by atoms with Crippen molar-refractivity contribution in [1.82, 2.24) is 0 Å². The predicted molar refractivity (Wildman–Crippen MR) is 156 cm³/mol. The van der Waals surface area contributed by atoms with E-state index in [2.05, 4.69) is 13.8 Å². The normalized spacial score (nSPS) is 16.2. The second-order valence-electron chi connectivity index (χ2n) is 10.4. The molecule has 0 aliphatic carbocycles. The maximum absolute atomic E-state index is 14.2. The van der Waals surface area contributed by atoms with Gasteiger partial charge in [0.05, 0.1) is 13.2 Å². The highest BCUT2D eigenvalue weighted by molar-refractivity contribution is 7.63. The molecule has 5 heteroatoms. The van der Waals surface area contributed by atoms with Crippen molar-refractivity contribution in [2.24, 2.45) is 0 Å². The molecule has 0 N–H and O–H groups in total. The molecule has 0 saturated carbocycles. The number of fused-ring (bicyclic) bond motifs is 3. The first-order chi connectivity index (χ1) is 18.2. The van der Waals surface area contributed by atoms with E-state index in [0.29, 0.717) is 30.0 Å². The quantitative estimate of drug-likeness (QED) is 0.127. The average Bonchev–Trinajstić information content (AvgIpc) is 2.91. The van der Waals surface area contributed by atoms with Gasteiger partial charge in [0.25, 0.3) is 0 Å². The van der Waals surface area contributed by atoms with Crippen LogP contribution in [0.25, 0.3) is 11.1 Å². The van der Waals surface area contributed by atoms with Gasteiger partial charge in [0.2, 0.25) is 0 Å². The van der Waals surface area contributed by atoms with E-state index in [0.717, 1.165) is 36.8 Å². The van der Waals surface area contributed by atoms with Crippen molar-refractivity contribution in [2.75, 3.05) is 13.2 Å². The molecule has 2 aromatic rings. The Hall–Kier alpha value is -1.77. The fourth-order valence-electron chi connectivity index (χ4n) is 5.01. The molecule has 0 bridgehead atoms. The van der Waals surface area contributed by atoms with Crippen LogP contribution in [0.2, 0.25) is 0 Å². The summed E-state index contributed by atoms with van der Waals surface area (Å²) in [5.41, 5.74) is 1.84. The van der Waals surface area contributed by atoms with E-state index in [9.17, 15) is 4.57 Å². The lowest BCUT2D eigenvalue weighted by Gasteiger charge is -2.29. The first kappa shape index (κ1) is 29.8. The summed E-state index contributed by atoms with van der Waals surface area (Å²) < 4.78 is 32.6. The lowest BCUT2D eigenvalue weighted by molar-refractivity contribution is 0.262. The third kappa shape index (κ3) is 9.48. The molecule has 0 saturated heterocycles. The number of hydrogen-bond donors (Lipinski definition) is 0. The van der Waals surface area contributed by atoms with E-state index < -0.39 is 7.60 Å². The Morgan fingerprint density at radius 2 is 1.16 bits per heavy atom. The lowest BCUT2D eigenvalue weighted by atomic mass is 10.0. The Balaban J connectivity index is 1.57. The van der Waals surface area contributed by atoms with Gasteiger partial charge in [0, 0.05) is 11.1 Å². The van der Waals surface area contributed by atoms with E-state index in [1.807, 2.05) is 42.5 Å². The highest BCUT2D eigenvalue weighted by Gasteiger charge is 2.40. The fourth-order valence-corrected chi connectivity index (χ4v) is 6.97. The number of unbranched alkanes of at least 4 members (excludes halogenated alkanes) is 14. The third-order valence-electron chi connectivity index (χ3n) is 7.18. The fraction of sp³-hybridized carbons (Fsp3) is 0.625. The zero-order valence-corrected chi connectivity index (χ0v) is 24.2. The van der Waals surface area contributed by atoms with Crippen LogP contribution in [0, 0.1) is 0 Å². The predicted octanol–water partition coefficient (Wildman–Crippen LogP) is 10.2. The molecule has 2 aromatic carbocycles. The summed E-state index contributed by atoms with van der Waals surface area (Å²) in [5.74, 6) is 1.25. The summed E-state index contributed by atoms with van der Waals surface area (Å²) in [7, 11) is -3.55. The molecule has 4 nitrogen and oxygen atoms in total. The van der Waals surface area contributed by atoms with E-state index in [1.54, 1.807) is 0 Å². The summed E-state index contributed by atoms with van der Waals surface area (Å²) in [5, 5.41) is 0.591. The Bertz CT molecular complexity index is 958. The zero-order valence-electron chi connectivity index (χ0n) is 23.3. The second-order valence-corrected chi connectivity index (χ2v) is 12.3. The van der Waals surface area contributed by atoms with Crippen LogP contribution >= 0.6 is 7.60 Å². The summed E-state index contributed by atoms with van der Waals surface area (Å²) in [6.45, 7) is 5.55. The van der Waals surface area contributed by atoms with Gasteiger partial charge in [-0.1, -0.05) is 134 Å². The van der Waals surface area contributed by atoms with Crippen molar-refractivity contribution in [1.29, 1.82) is 0 Å². The zero-order chi connectivity index (χ0) is 26.2.